The predicted molar refractivity (Wildman–Crippen MR) is 78.9 cm³/mol. The van der Waals surface area contributed by atoms with Crippen molar-refractivity contribution in [2.24, 2.45) is 5.41 Å². The molecule has 0 bridgehead atoms. The van der Waals surface area contributed by atoms with E-state index >= 15 is 0 Å². The van der Waals surface area contributed by atoms with E-state index in [1.54, 1.807) is 6.20 Å². The van der Waals surface area contributed by atoms with Gasteiger partial charge in [0.15, 0.2) is 0 Å². The summed E-state index contributed by atoms with van der Waals surface area (Å²) in [5.74, 6) is 0.646. The van der Waals surface area contributed by atoms with Crippen molar-refractivity contribution in [2.75, 3.05) is 11.9 Å². The first kappa shape index (κ1) is 15.6. The number of carbonyl (C=O) groups is 1. The highest BCUT2D eigenvalue weighted by atomic mass is 16.2. The Balaban J connectivity index is 2.65. The number of pyridine rings is 1. The maximum absolute atomic E-state index is 12.0. The van der Waals surface area contributed by atoms with Crippen LogP contribution < -0.4 is 10.6 Å². The molecule has 19 heavy (non-hydrogen) atoms. The molecule has 0 aliphatic carbocycles. The van der Waals surface area contributed by atoms with Gasteiger partial charge in [0.1, 0.15) is 5.82 Å². The molecule has 2 N–H and O–H groups in total. The number of rotatable bonds is 6. The van der Waals surface area contributed by atoms with E-state index in [1.165, 1.54) is 6.42 Å². The summed E-state index contributed by atoms with van der Waals surface area (Å²) in [6.45, 7) is 9.56. The third-order valence-electron chi connectivity index (χ3n) is 2.83. The predicted octanol–water partition coefficient (Wildman–Crippen LogP) is 2.96. The van der Waals surface area contributed by atoms with Gasteiger partial charge in [0, 0.05) is 23.7 Å². The van der Waals surface area contributed by atoms with E-state index in [0.29, 0.717) is 5.82 Å². The van der Waals surface area contributed by atoms with Crippen molar-refractivity contribution in [2.45, 2.75) is 47.1 Å². The van der Waals surface area contributed by atoms with Crippen molar-refractivity contribution in [3.63, 3.8) is 0 Å². The third kappa shape index (κ3) is 5.39. The first-order chi connectivity index (χ1) is 8.95. The molecule has 4 heteroatoms. The number of nitrogens with zero attached hydrogens (tertiary/aromatic N) is 1. The number of hydrogen-bond acceptors (Lipinski definition) is 3. The molecule has 0 spiro atoms. The molecule has 0 aromatic carbocycles. The normalized spacial score (nSPS) is 11.4. The van der Waals surface area contributed by atoms with Crippen LogP contribution in [0.1, 0.15) is 46.1 Å². The van der Waals surface area contributed by atoms with Crippen molar-refractivity contribution in [3.05, 3.63) is 23.9 Å². The standard InChI is InChI=1S/C15H25N3O/c1-5-6-9-16-11-12-8-7-10-17-13(12)18-14(19)15(2,3)4/h7-8,10,16H,5-6,9,11H2,1-4H3,(H,17,18,19). The Bertz CT molecular complexity index is 410. The maximum atomic E-state index is 12.0. The van der Waals surface area contributed by atoms with Crippen molar-refractivity contribution in [1.82, 2.24) is 10.3 Å². The zero-order chi connectivity index (χ0) is 14.3. The van der Waals surface area contributed by atoms with Crippen LogP contribution in [0.2, 0.25) is 0 Å². The van der Waals surface area contributed by atoms with Gasteiger partial charge in [-0.15, -0.1) is 0 Å². The molecule has 106 valence electrons. The Labute approximate surface area is 116 Å². The topological polar surface area (TPSA) is 54.0 Å². The van der Waals surface area contributed by atoms with Crippen LogP contribution in [0, 0.1) is 5.41 Å². The number of nitrogens with one attached hydrogen (secondary N) is 2. The highest BCUT2D eigenvalue weighted by molar-refractivity contribution is 5.94. The monoisotopic (exact) mass is 263 g/mol. The molecular formula is C15H25N3O. The van der Waals surface area contributed by atoms with Gasteiger partial charge in [-0.2, -0.15) is 0 Å². The minimum Gasteiger partial charge on any atom is -0.313 e. The Morgan fingerprint density at radius 1 is 1.37 bits per heavy atom. The lowest BCUT2D eigenvalue weighted by Gasteiger charge is -2.18. The van der Waals surface area contributed by atoms with Gasteiger partial charge in [-0.05, 0) is 19.0 Å². The molecule has 0 atom stereocenters. The molecule has 1 aromatic rings. The number of anilines is 1. The fraction of sp³-hybridized carbons (Fsp3) is 0.600. The summed E-state index contributed by atoms with van der Waals surface area (Å²) in [7, 11) is 0. The number of amides is 1. The van der Waals surface area contributed by atoms with Gasteiger partial charge in [0.05, 0.1) is 0 Å². The second kappa shape index (κ2) is 7.24. The van der Waals surface area contributed by atoms with E-state index in [2.05, 4.69) is 22.5 Å². The van der Waals surface area contributed by atoms with Crippen LogP contribution in [0.25, 0.3) is 0 Å². The second-order valence-corrected chi connectivity index (χ2v) is 5.75. The van der Waals surface area contributed by atoms with E-state index in [4.69, 9.17) is 0 Å². The Morgan fingerprint density at radius 3 is 2.74 bits per heavy atom. The highest BCUT2D eigenvalue weighted by Crippen LogP contribution is 2.18. The molecular weight excluding hydrogens is 238 g/mol. The van der Waals surface area contributed by atoms with Gasteiger partial charge in [-0.25, -0.2) is 4.98 Å². The van der Waals surface area contributed by atoms with Crippen molar-refractivity contribution >= 4 is 11.7 Å². The first-order valence-electron chi connectivity index (χ1n) is 6.91. The van der Waals surface area contributed by atoms with Gasteiger partial charge in [0.2, 0.25) is 5.91 Å². The van der Waals surface area contributed by atoms with Gasteiger partial charge in [0.25, 0.3) is 0 Å². The van der Waals surface area contributed by atoms with Crippen LogP contribution in [-0.2, 0) is 11.3 Å². The van der Waals surface area contributed by atoms with E-state index < -0.39 is 5.41 Å². The fourth-order valence-electron chi connectivity index (χ4n) is 1.51. The number of unbranched alkanes of at least 4 members (excludes halogenated alkanes) is 1. The van der Waals surface area contributed by atoms with Crippen LogP contribution in [0.3, 0.4) is 0 Å². The molecule has 0 aliphatic heterocycles. The SMILES string of the molecule is CCCCNCc1cccnc1NC(=O)C(C)(C)C. The van der Waals surface area contributed by atoms with Crippen molar-refractivity contribution in [3.8, 4) is 0 Å². The van der Waals surface area contributed by atoms with Crippen LogP contribution in [0.15, 0.2) is 18.3 Å². The largest absolute Gasteiger partial charge is 0.313 e. The maximum Gasteiger partial charge on any atom is 0.230 e. The molecule has 0 saturated heterocycles. The summed E-state index contributed by atoms with van der Waals surface area (Å²) in [4.78, 5) is 16.3. The lowest BCUT2D eigenvalue weighted by atomic mass is 9.95. The van der Waals surface area contributed by atoms with E-state index in [1.807, 2.05) is 32.9 Å². The second-order valence-electron chi connectivity index (χ2n) is 5.75. The summed E-state index contributed by atoms with van der Waals surface area (Å²) in [5.41, 5.74) is 0.612. The Kier molecular flexibility index (Phi) is 5.96. The Morgan fingerprint density at radius 2 is 2.11 bits per heavy atom. The lowest BCUT2D eigenvalue weighted by Crippen LogP contribution is -2.29. The molecule has 1 rings (SSSR count). The zero-order valence-corrected chi connectivity index (χ0v) is 12.4. The van der Waals surface area contributed by atoms with Gasteiger partial charge in [-0.3, -0.25) is 4.79 Å². The van der Waals surface area contributed by atoms with Crippen LogP contribution in [0.4, 0.5) is 5.82 Å². The summed E-state index contributed by atoms with van der Waals surface area (Å²) in [6.07, 6.45) is 4.03. The Hall–Kier alpha value is -1.42. The molecule has 1 aromatic heterocycles. The van der Waals surface area contributed by atoms with Gasteiger partial charge in [-0.1, -0.05) is 40.2 Å². The fourth-order valence-corrected chi connectivity index (χ4v) is 1.51. The average Bonchev–Trinajstić information content (AvgIpc) is 2.35. The molecule has 1 heterocycles. The van der Waals surface area contributed by atoms with Gasteiger partial charge >= 0.3 is 0 Å². The number of carbonyl (C=O) groups excluding carboxylic acids is 1. The van der Waals surface area contributed by atoms with Crippen molar-refractivity contribution in [1.29, 1.82) is 0 Å². The van der Waals surface area contributed by atoms with E-state index in [9.17, 15) is 4.79 Å². The zero-order valence-electron chi connectivity index (χ0n) is 12.4. The summed E-state index contributed by atoms with van der Waals surface area (Å²) >= 11 is 0. The minimum absolute atomic E-state index is 0.0130. The van der Waals surface area contributed by atoms with Crippen molar-refractivity contribution < 1.29 is 4.79 Å². The smallest absolute Gasteiger partial charge is 0.230 e. The van der Waals surface area contributed by atoms with Gasteiger partial charge < -0.3 is 10.6 Å². The summed E-state index contributed by atoms with van der Waals surface area (Å²) in [6, 6.07) is 3.88. The summed E-state index contributed by atoms with van der Waals surface area (Å²) in [5, 5.41) is 6.27. The van der Waals surface area contributed by atoms with E-state index in [0.717, 1.165) is 25.1 Å². The molecule has 0 radical (unpaired) electrons. The quantitative estimate of drug-likeness (QED) is 0.776. The third-order valence-corrected chi connectivity index (χ3v) is 2.83. The molecule has 4 nitrogen and oxygen atoms in total. The molecule has 0 aliphatic rings. The number of hydrogen-bond donors (Lipinski definition) is 2. The van der Waals surface area contributed by atoms with Crippen LogP contribution in [0.5, 0.6) is 0 Å². The average molecular weight is 263 g/mol. The first-order valence-corrected chi connectivity index (χ1v) is 6.91. The van der Waals surface area contributed by atoms with Crippen LogP contribution in [-0.4, -0.2) is 17.4 Å². The minimum atomic E-state index is -0.412. The lowest BCUT2D eigenvalue weighted by molar-refractivity contribution is -0.123. The number of aromatic nitrogens is 1. The van der Waals surface area contributed by atoms with Crippen LogP contribution >= 0.6 is 0 Å². The summed E-state index contributed by atoms with van der Waals surface area (Å²) < 4.78 is 0. The molecule has 0 saturated carbocycles. The molecule has 0 unspecified atom stereocenters. The van der Waals surface area contributed by atoms with E-state index in [-0.39, 0.29) is 5.91 Å². The molecule has 1 amide bonds. The molecule has 0 fully saturated rings. The highest BCUT2D eigenvalue weighted by Gasteiger charge is 2.22.